The second kappa shape index (κ2) is 6.38. The van der Waals surface area contributed by atoms with E-state index >= 15 is 0 Å². The fourth-order valence-electron chi connectivity index (χ4n) is 1.71. The van der Waals surface area contributed by atoms with Crippen LogP contribution in [0, 0.1) is 0 Å². The Balaban J connectivity index is 2.18. The van der Waals surface area contributed by atoms with Crippen molar-refractivity contribution in [3.05, 3.63) is 52.6 Å². The van der Waals surface area contributed by atoms with E-state index in [1.54, 1.807) is 41.2 Å². The Kier molecular flexibility index (Phi) is 4.57. The normalized spacial score (nSPS) is 10.4. The fourth-order valence-corrected chi connectivity index (χ4v) is 2.52. The van der Waals surface area contributed by atoms with E-state index in [1.807, 2.05) is 6.92 Å². The van der Waals surface area contributed by atoms with Crippen LogP contribution < -0.4 is 5.56 Å². The molecule has 0 atom stereocenters. The summed E-state index contributed by atoms with van der Waals surface area (Å²) in [6.45, 7) is 2.50. The Labute approximate surface area is 120 Å². The van der Waals surface area contributed by atoms with Crippen LogP contribution in [-0.4, -0.2) is 20.6 Å². The molecule has 0 amide bonds. The number of aromatic nitrogens is 2. The van der Waals surface area contributed by atoms with E-state index in [9.17, 15) is 9.59 Å². The number of nitrogens with zero attached hydrogens (tertiary/aromatic N) is 2. The van der Waals surface area contributed by atoms with Crippen LogP contribution in [0.5, 0.6) is 0 Å². The fraction of sp³-hybridized carbons (Fsp3) is 0.214. The highest BCUT2D eigenvalue weighted by molar-refractivity contribution is 7.99. The number of hydrogen-bond acceptors (Lipinski definition) is 4. The number of aryl methyl sites for hydroxylation is 1. The zero-order valence-electron chi connectivity index (χ0n) is 10.9. The van der Waals surface area contributed by atoms with Gasteiger partial charge in [-0.1, -0.05) is 23.9 Å². The van der Waals surface area contributed by atoms with Gasteiger partial charge in [-0.3, -0.25) is 9.59 Å². The molecule has 0 saturated carbocycles. The molecule has 6 heteroatoms. The second-order valence-corrected chi connectivity index (χ2v) is 5.20. The quantitative estimate of drug-likeness (QED) is 0.912. The molecule has 0 radical (unpaired) electrons. The standard InChI is InChI=1S/C14H14N2O3S/c1-2-16-8-7-15-13(14(16)19)20-11-5-3-10(4-6-11)9-12(17)18/h3-8H,2,9H2,1H3,(H,17,18). The maximum atomic E-state index is 12.0. The van der Waals surface area contributed by atoms with Gasteiger partial charge in [0.2, 0.25) is 0 Å². The summed E-state index contributed by atoms with van der Waals surface area (Å²) < 4.78 is 1.59. The highest BCUT2D eigenvalue weighted by Crippen LogP contribution is 2.23. The summed E-state index contributed by atoms with van der Waals surface area (Å²) in [5.74, 6) is -0.860. The zero-order chi connectivity index (χ0) is 14.5. The highest BCUT2D eigenvalue weighted by atomic mass is 32.2. The number of carboxylic acid groups (broad SMARTS) is 1. The van der Waals surface area contributed by atoms with Crippen molar-refractivity contribution in [2.45, 2.75) is 29.8 Å². The summed E-state index contributed by atoms with van der Waals surface area (Å²) in [7, 11) is 0. The molecule has 2 rings (SSSR count). The van der Waals surface area contributed by atoms with Crippen molar-refractivity contribution >= 4 is 17.7 Å². The molecular weight excluding hydrogens is 276 g/mol. The minimum absolute atomic E-state index is 0.00280. The molecule has 104 valence electrons. The van der Waals surface area contributed by atoms with E-state index in [1.165, 1.54) is 11.8 Å². The lowest BCUT2D eigenvalue weighted by Crippen LogP contribution is -2.20. The second-order valence-electron chi connectivity index (χ2n) is 4.14. The number of hydrogen-bond donors (Lipinski definition) is 1. The molecule has 0 aliphatic heterocycles. The van der Waals surface area contributed by atoms with Crippen molar-refractivity contribution in [3.8, 4) is 0 Å². The van der Waals surface area contributed by atoms with Crippen LogP contribution in [0.2, 0.25) is 0 Å². The van der Waals surface area contributed by atoms with E-state index in [-0.39, 0.29) is 12.0 Å². The van der Waals surface area contributed by atoms with E-state index in [4.69, 9.17) is 5.11 Å². The monoisotopic (exact) mass is 290 g/mol. The van der Waals surface area contributed by atoms with Crippen LogP contribution >= 0.6 is 11.8 Å². The van der Waals surface area contributed by atoms with Crippen molar-refractivity contribution in [2.75, 3.05) is 0 Å². The summed E-state index contributed by atoms with van der Waals surface area (Å²) in [6.07, 6.45) is 3.26. The van der Waals surface area contributed by atoms with Crippen LogP contribution in [0.15, 0.2) is 51.4 Å². The number of carbonyl (C=O) groups is 1. The van der Waals surface area contributed by atoms with Gasteiger partial charge in [-0.15, -0.1) is 0 Å². The van der Waals surface area contributed by atoms with Gasteiger partial charge in [0.25, 0.3) is 5.56 Å². The molecule has 2 aromatic rings. The molecular formula is C14H14N2O3S. The first-order valence-corrected chi connectivity index (χ1v) is 6.96. The van der Waals surface area contributed by atoms with E-state index in [0.29, 0.717) is 11.6 Å². The molecule has 1 aromatic heterocycles. The first-order valence-electron chi connectivity index (χ1n) is 6.14. The zero-order valence-corrected chi connectivity index (χ0v) is 11.8. The largest absolute Gasteiger partial charge is 0.481 e. The molecule has 1 heterocycles. The highest BCUT2D eigenvalue weighted by Gasteiger charge is 2.07. The number of carboxylic acids is 1. The molecule has 1 aromatic carbocycles. The Morgan fingerprint density at radius 1 is 1.35 bits per heavy atom. The molecule has 0 saturated heterocycles. The van der Waals surface area contributed by atoms with Crippen molar-refractivity contribution in [1.82, 2.24) is 9.55 Å². The smallest absolute Gasteiger partial charge is 0.307 e. The first kappa shape index (κ1) is 14.3. The molecule has 0 aliphatic rings. The van der Waals surface area contributed by atoms with Crippen molar-refractivity contribution in [3.63, 3.8) is 0 Å². The van der Waals surface area contributed by atoms with Crippen molar-refractivity contribution in [1.29, 1.82) is 0 Å². The average molecular weight is 290 g/mol. The van der Waals surface area contributed by atoms with Gasteiger partial charge >= 0.3 is 5.97 Å². The SMILES string of the molecule is CCn1ccnc(Sc2ccc(CC(=O)O)cc2)c1=O. The van der Waals surface area contributed by atoms with E-state index in [0.717, 1.165) is 10.5 Å². The first-order chi connectivity index (χ1) is 9.60. The molecule has 5 nitrogen and oxygen atoms in total. The lowest BCUT2D eigenvalue weighted by molar-refractivity contribution is -0.136. The Hall–Kier alpha value is -2.08. The lowest BCUT2D eigenvalue weighted by atomic mass is 10.2. The molecule has 1 N–H and O–H groups in total. The van der Waals surface area contributed by atoms with Crippen LogP contribution in [0.4, 0.5) is 0 Å². The lowest BCUT2D eigenvalue weighted by Gasteiger charge is -2.05. The third-order valence-corrected chi connectivity index (χ3v) is 3.70. The summed E-state index contributed by atoms with van der Waals surface area (Å²) >= 11 is 1.28. The predicted octanol–water partition coefficient (Wildman–Crippen LogP) is 2.04. The van der Waals surface area contributed by atoms with E-state index in [2.05, 4.69) is 4.98 Å². The van der Waals surface area contributed by atoms with Crippen LogP contribution in [0.25, 0.3) is 0 Å². The molecule has 0 aliphatic carbocycles. The topological polar surface area (TPSA) is 72.2 Å². The Morgan fingerprint density at radius 2 is 2.05 bits per heavy atom. The van der Waals surface area contributed by atoms with E-state index < -0.39 is 5.97 Å². The van der Waals surface area contributed by atoms with Gasteiger partial charge < -0.3 is 9.67 Å². The maximum Gasteiger partial charge on any atom is 0.307 e. The number of benzene rings is 1. The molecule has 0 spiro atoms. The van der Waals surface area contributed by atoms with Gasteiger partial charge in [0, 0.05) is 23.8 Å². The van der Waals surface area contributed by atoms with Gasteiger partial charge in [-0.25, -0.2) is 4.98 Å². The molecule has 0 unspecified atom stereocenters. The number of rotatable bonds is 5. The van der Waals surface area contributed by atoms with Crippen molar-refractivity contribution in [2.24, 2.45) is 0 Å². The third kappa shape index (κ3) is 3.48. The summed E-state index contributed by atoms with van der Waals surface area (Å²) in [5, 5.41) is 9.12. The Morgan fingerprint density at radius 3 is 2.65 bits per heavy atom. The Bertz CT molecular complexity index is 665. The summed E-state index contributed by atoms with van der Waals surface area (Å²) in [4.78, 5) is 27.6. The molecule has 0 bridgehead atoms. The average Bonchev–Trinajstić information content (AvgIpc) is 2.43. The van der Waals surface area contributed by atoms with Gasteiger partial charge in [-0.05, 0) is 24.6 Å². The summed E-state index contributed by atoms with van der Waals surface area (Å²) in [6, 6.07) is 7.09. The van der Waals surface area contributed by atoms with Gasteiger partial charge in [-0.2, -0.15) is 0 Å². The minimum atomic E-state index is -0.860. The third-order valence-electron chi connectivity index (χ3n) is 2.72. The molecule has 0 fully saturated rings. The van der Waals surface area contributed by atoms with Crippen LogP contribution in [0.1, 0.15) is 12.5 Å². The summed E-state index contributed by atoms with van der Waals surface area (Å²) in [5.41, 5.74) is 0.614. The molecule has 20 heavy (non-hydrogen) atoms. The van der Waals surface area contributed by atoms with Crippen LogP contribution in [-0.2, 0) is 17.8 Å². The van der Waals surface area contributed by atoms with Gasteiger partial charge in [0.1, 0.15) is 0 Å². The number of aliphatic carboxylic acids is 1. The van der Waals surface area contributed by atoms with Gasteiger partial charge in [0.05, 0.1) is 6.42 Å². The van der Waals surface area contributed by atoms with Crippen LogP contribution in [0.3, 0.4) is 0 Å². The minimum Gasteiger partial charge on any atom is -0.481 e. The predicted molar refractivity (Wildman–Crippen MR) is 76.1 cm³/mol. The van der Waals surface area contributed by atoms with Gasteiger partial charge in [0.15, 0.2) is 5.03 Å². The van der Waals surface area contributed by atoms with Crippen molar-refractivity contribution < 1.29 is 9.90 Å². The maximum absolute atomic E-state index is 12.0.